The number of halogens is 1. The van der Waals surface area contributed by atoms with Crippen molar-refractivity contribution in [2.45, 2.75) is 57.5 Å². The Labute approximate surface area is 165 Å². The van der Waals surface area contributed by atoms with E-state index in [0.717, 1.165) is 0 Å². The van der Waals surface area contributed by atoms with Crippen molar-refractivity contribution in [1.82, 2.24) is 4.90 Å². The van der Waals surface area contributed by atoms with E-state index in [1.54, 1.807) is 11.0 Å². The van der Waals surface area contributed by atoms with Crippen LogP contribution >= 0.6 is 15.9 Å². The fourth-order valence-corrected chi connectivity index (χ4v) is 4.66. The molecule has 1 heterocycles. The molecule has 144 valence electrons. The molecule has 0 aromatic heterocycles. The lowest BCUT2D eigenvalue weighted by Gasteiger charge is -2.38. The molecule has 1 aliphatic rings. The zero-order chi connectivity index (χ0) is 19.7. The van der Waals surface area contributed by atoms with E-state index in [1.807, 2.05) is 18.2 Å². The Bertz CT molecular complexity index is 686. The smallest absolute Gasteiger partial charge is 0.328 e. The highest BCUT2D eigenvalue weighted by Gasteiger charge is 2.46. The predicted octanol–water partition coefficient (Wildman–Crippen LogP) is 4.23. The average molecular weight is 442 g/mol. The molecule has 2 rings (SSSR count). The second-order valence-electron chi connectivity index (χ2n) is 8.21. The topological polar surface area (TPSA) is 55.8 Å². The normalized spacial score (nSPS) is 21.0. The quantitative estimate of drug-likeness (QED) is 0.518. The van der Waals surface area contributed by atoms with Crippen molar-refractivity contribution >= 4 is 36.1 Å². The number of likely N-dealkylation sites (tertiary alicyclic amines) is 1. The zero-order valence-electron chi connectivity index (χ0n) is 16.3. The van der Waals surface area contributed by atoms with E-state index in [4.69, 9.17) is 9.16 Å². The van der Waals surface area contributed by atoms with Crippen molar-refractivity contribution in [2.24, 2.45) is 0 Å². The first kappa shape index (κ1) is 21.1. The summed E-state index contributed by atoms with van der Waals surface area (Å²) >= 11 is 3.42. The molecule has 0 aliphatic carbocycles. The lowest BCUT2D eigenvalue weighted by molar-refractivity contribution is -0.145. The number of carbonyl (C=O) groups is 2. The summed E-state index contributed by atoms with van der Waals surface area (Å²) in [6.45, 7) is 11.3. The van der Waals surface area contributed by atoms with Crippen LogP contribution in [0, 0.1) is 0 Å². The van der Waals surface area contributed by atoms with Gasteiger partial charge < -0.3 is 14.1 Å². The first-order valence-corrected chi connectivity index (χ1v) is 12.5. The first-order valence-electron chi connectivity index (χ1n) is 8.79. The molecular weight excluding hydrogens is 414 g/mol. The Kier molecular flexibility index (Phi) is 6.35. The Balaban J connectivity index is 2.26. The molecule has 1 amide bonds. The second kappa shape index (κ2) is 7.82. The summed E-state index contributed by atoms with van der Waals surface area (Å²) in [7, 11) is -0.646. The van der Waals surface area contributed by atoms with Crippen LogP contribution in [0.15, 0.2) is 28.7 Å². The van der Waals surface area contributed by atoms with Gasteiger partial charge in [0.1, 0.15) is 6.04 Å². The van der Waals surface area contributed by atoms with Gasteiger partial charge in [-0.15, -0.1) is 0 Å². The minimum atomic E-state index is -2.00. The summed E-state index contributed by atoms with van der Waals surface area (Å²) in [5, 5.41) is 0.0631. The Morgan fingerprint density at radius 3 is 2.38 bits per heavy atom. The summed E-state index contributed by atoms with van der Waals surface area (Å²) < 4.78 is 12.1. The number of amides is 1. The molecule has 0 radical (unpaired) electrons. The van der Waals surface area contributed by atoms with Crippen LogP contribution in [0.25, 0.3) is 0 Å². The maximum absolute atomic E-state index is 13.1. The molecule has 26 heavy (non-hydrogen) atoms. The van der Waals surface area contributed by atoms with E-state index in [0.29, 0.717) is 23.0 Å². The van der Waals surface area contributed by atoms with Crippen molar-refractivity contribution in [2.75, 3.05) is 13.7 Å². The molecule has 2 atom stereocenters. The van der Waals surface area contributed by atoms with Crippen molar-refractivity contribution in [3.05, 3.63) is 34.3 Å². The molecule has 1 aliphatic heterocycles. The van der Waals surface area contributed by atoms with Gasteiger partial charge in [-0.3, -0.25) is 4.79 Å². The molecule has 7 heteroatoms. The number of hydrogen-bond acceptors (Lipinski definition) is 4. The van der Waals surface area contributed by atoms with Crippen LogP contribution in [0.2, 0.25) is 18.1 Å². The second-order valence-corrected chi connectivity index (χ2v) is 13.8. The van der Waals surface area contributed by atoms with E-state index in [1.165, 1.54) is 7.11 Å². The molecule has 0 unspecified atom stereocenters. The molecule has 1 aromatic rings. The summed E-state index contributed by atoms with van der Waals surface area (Å²) in [4.78, 5) is 26.9. The summed E-state index contributed by atoms with van der Waals surface area (Å²) in [6.07, 6.45) is 0.307. The number of methoxy groups -OCH3 is 1. The summed E-state index contributed by atoms with van der Waals surface area (Å²) in [5.74, 6) is -0.582. The third-order valence-corrected chi connectivity index (χ3v) is 10.6. The van der Waals surface area contributed by atoms with Gasteiger partial charge in [-0.25, -0.2) is 4.79 Å². The largest absolute Gasteiger partial charge is 0.467 e. The van der Waals surface area contributed by atoms with Gasteiger partial charge >= 0.3 is 5.97 Å². The van der Waals surface area contributed by atoms with Crippen molar-refractivity contribution in [1.29, 1.82) is 0 Å². The van der Waals surface area contributed by atoms with E-state index in [2.05, 4.69) is 49.8 Å². The van der Waals surface area contributed by atoms with E-state index >= 15 is 0 Å². The van der Waals surface area contributed by atoms with Gasteiger partial charge in [-0.1, -0.05) is 32.9 Å². The lowest BCUT2D eigenvalue weighted by atomic mass is 10.1. The molecule has 0 saturated carbocycles. The Morgan fingerprint density at radius 1 is 1.23 bits per heavy atom. The Hall–Kier alpha value is -1.18. The molecule has 5 nitrogen and oxygen atoms in total. The van der Waals surface area contributed by atoms with Gasteiger partial charge in [0.05, 0.1) is 18.8 Å². The van der Waals surface area contributed by atoms with E-state index in [9.17, 15) is 9.59 Å². The number of ether oxygens (including phenoxy) is 1. The third-order valence-electron chi connectivity index (χ3n) is 5.37. The van der Waals surface area contributed by atoms with Crippen LogP contribution < -0.4 is 0 Å². The fraction of sp³-hybridized carbons (Fsp3) is 0.579. The maximum atomic E-state index is 13.1. The van der Waals surface area contributed by atoms with Crippen LogP contribution in [0.5, 0.6) is 0 Å². The SMILES string of the molecule is COC(=O)[C@@H]1C[C@@H](O[Si](C)(C)C(C)(C)C)CN1C(=O)c1ccccc1Br. The van der Waals surface area contributed by atoms with Gasteiger partial charge in [0, 0.05) is 17.4 Å². The van der Waals surface area contributed by atoms with Crippen LogP contribution in [0.3, 0.4) is 0 Å². The number of benzene rings is 1. The van der Waals surface area contributed by atoms with Crippen LogP contribution in [-0.4, -0.2) is 50.9 Å². The summed E-state index contributed by atoms with van der Waals surface area (Å²) in [5.41, 5.74) is 0.536. The highest BCUT2D eigenvalue weighted by atomic mass is 79.9. The van der Waals surface area contributed by atoms with E-state index < -0.39 is 20.3 Å². The third kappa shape index (κ3) is 4.38. The number of hydrogen-bond donors (Lipinski definition) is 0. The number of rotatable bonds is 4. The molecular formula is C19H28BrNO4Si. The minimum Gasteiger partial charge on any atom is -0.467 e. The van der Waals surface area contributed by atoms with Crippen molar-refractivity contribution < 1.29 is 18.8 Å². The van der Waals surface area contributed by atoms with Crippen LogP contribution in [-0.2, 0) is 14.0 Å². The van der Waals surface area contributed by atoms with Gasteiger partial charge in [0.25, 0.3) is 5.91 Å². The molecule has 0 spiro atoms. The van der Waals surface area contributed by atoms with Crippen LogP contribution in [0.1, 0.15) is 37.6 Å². The molecule has 1 aromatic carbocycles. The number of nitrogens with zero attached hydrogens (tertiary/aromatic N) is 1. The maximum Gasteiger partial charge on any atom is 0.328 e. The average Bonchev–Trinajstić information content (AvgIpc) is 2.96. The lowest BCUT2D eigenvalue weighted by Crippen LogP contribution is -2.45. The van der Waals surface area contributed by atoms with Gasteiger partial charge in [0.2, 0.25) is 0 Å². The predicted molar refractivity (Wildman–Crippen MR) is 108 cm³/mol. The molecule has 1 saturated heterocycles. The molecule has 0 N–H and O–H groups in total. The van der Waals surface area contributed by atoms with E-state index in [-0.39, 0.29) is 17.0 Å². The highest BCUT2D eigenvalue weighted by molar-refractivity contribution is 9.10. The van der Waals surface area contributed by atoms with Gasteiger partial charge in [-0.2, -0.15) is 0 Å². The number of carbonyl (C=O) groups excluding carboxylic acids is 2. The van der Waals surface area contributed by atoms with Crippen LogP contribution in [0.4, 0.5) is 0 Å². The Morgan fingerprint density at radius 2 is 1.85 bits per heavy atom. The highest BCUT2D eigenvalue weighted by Crippen LogP contribution is 2.39. The van der Waals surface area contributed by atoms with Gasteiger partial charge in [0.15, 0.2) is 8.32 Å². The monoisotopic (exact) mass is 441 g/mol. The zero-order valence-corrected chi connectivity index (χ0v) is 18.9. The minimum absolute atomic E-state index is 0.0631. The standard InChI is InChI=1S/C19H28BrNO4Si/c1-19(2,3)26(5,6)25-13-11-16(18(23)24-4)21(12-13)17(22)14-9-7-8-10-15(14)20/h7-10,13,16H,11-12H2,1-6H3/t13-,16+/m1/s1. The molecule has 0 bridgehead atoms. The number of esters is 1. The molecule has 1 fully saturated rings. The summed E-state index contributed by atoms with van der Waals surface area (Å²) in [6, 6.07) is 6.62. The fourth-order valence-electron chi connectivity index (χ4n) is 2.85. The van der Waals surface area contributed by atoms with Crippen molar-refractivity contribution in [3.63, 3.8) is 0 Å². The van der Waals surface area contributed by atoms with Gasteiger partial charge in [-0.05, 0) is 46.2 Å². The first-order chi connectivity index (χ1) is 12.0. The van der Waals surface area contributed by atoms with Crippen molar-refractivity contribution in [3.8, 4) is 0 Å².